The maximum atomic E-state index is 15.3. The summed E-state index contributed by atoms with van der Waals surface area (Å²) in [6.07, 6.45) is -9.50. The van der Waals surface area contributed by atoms with Gasteiger partial charge in [0.05, 0.1) is 46.5 Å². The Morgan fingerprint density at radius 3 is 2.26 bits per heavy atom. The van der Waals surface area contributed by atoms with Crippen molar-refractivity contribution in [2.24, 2.45) is 5.92 Å². The molecule has 4 aromatic rings. The number of ether oxygens (including phenoxy) is 3. The molecule has 0 saturated carbocycles. The lowest BCUT2D eigenvalue weighted by Gasteiger charge is -2.37. The topological polar surface area (TPSA) is 199 Å². The number of fused-ring (bicyclic) bond motifs is 2. The summed E-state index contributed by atoms with van der Waals surface area (Å²) in [7, 11) is -0.967. The van der Waals surface area contributed by atoms with Gasteiger partial charge in [0, 0.05) is 34.7 Å². The van der Waals surface area contributed by atoms with Crippen molar-refractivity contribution in [3.8, 4) is 5.75 Å². The van der Waals surface area contributed by atoms with E-state index in [-0.39, 0.29) is 49.4 Å². The summed E-state index contributed by atoms with van der Waals surface area (Å²) < 4.78 is 18.5. The first-order valence-corrected chi connectivity index (χ1v) is 24.1. The van der Waals surface area contributed by atoms with Crippen LogP contribution in [0, 0.1) is 5.92 Å². The molecule has 0 unspecified atom stereocenters. The van der Waals surface area contributed by atoms with Crippen molar-refractivity contribution in [3.05, 3.63) is 118 Å². The Morgan fingerprint density at radius 1 is 0.918 bits per heavy atom. The number of aliphatic hydroxyl groups excluding tert-OH is 5. The van der Waals surface area contributed by atoms with Crippen molar-refractivity contribution >= 4 is 58.3 Å². The number of methoxy groups -OCH3 is 1. The van der Waals surface area contributed by atoms with Gasteiger partial charge in [0.1, 0.15) is 24.1 Å². The Kier molecular flexibility index (Phi) is 13.2. The average molecular weight is 919 g/mol. The highest BCUT2D eigenvalue weighted by Gasteiger charge is 2.66. The monoisotopic (exact) mass is 917 g/mol. The smallest absolute Gasteiger partial charge is 0.264 e. The molecule has 3 aliphatic rings. The Labute approximate surface area is 363 Å². The van der Waals surface area contributed by atoms with E-state index in [9.17, 15) is 35.1 Å². The molecule has 6 N–H and O–H groups in total. The molecule has 3 amide bonds. The van der Waals surface area contributed by atoms with E-state index in [2.05, 4.69) is 53.4 Å². The molecular formula is C45H52BrN3O11Si. The molecule has 3 heterocycles. The Hall–Kier alpha value is -4.49. The number of halogens is 1. The largest absolute Gasteiger partial charge is 0.497 e. The molecule has 0 aromatic heterocycles. The summed E-state index contributed by atoms with van der Waals surface area (Å²) in [4.78, 5) is 46.0. The first-order valence-electron chi connectivity index (χ1n) is 20.2. The first-order chi connectivity index (χ1) is 29.1. The van der Waals surface area contributed by atoms with Crippen LogP contribution in [0.15, 0.2) is 102 Å². The molecule has 14 nitrogen and oxygen atoms in total. The van der Waals surface area contributed by atoms with Crippen LogP contribution in [0.3, 0.4) is 0 Å². The van der Waals surface area contributed by atoms with Crippen molar-refractivity contribution in [1.29, 1.82) is 0 Å². The normalized spacial score (nSPS) is 27.2. The van der Waals surface area contributed by atoms with Gasteiger partial charge in [-0.1, -0.05) is 95.7 Å². The molecular weight excluding hydrogens is 866 g/mol. The van der Waals surface area contributed by atoms with Crippen LogP contribution in [0.2, 0.25) is 18.6 Å². The zero-order valence-corrected chi connectivity index (χ0v) is 36.9. The predicted molar refractivity (Wildman–Crippen MR) is 232 cm³/mol. The van der Waals surface area contributed by atoms with E-state index in [1.54, 1.807) is 41.2 Å². The molecule has 4 aromatic carbocycles. The van der Waals surface area contributed by atoms with Gasteiger partial charge in [0.25, 0.3) is 11.8 Å². The van der Waals surface area contributed by atoms with Crippen molar-refractivity contribution in [1.82, 2.24) is 4.90 Å². The minimum absolute atomic E-state index is 0.00139. The third-order valence-corrected chi connectivity index (χ3v) is 17.4. The standard InChI is InChI=1S/C45H52BrN3O11Si/c1-26-41(61(3,4)32-17-15-31(58-2)16-18-32)35(23-36(51)48(20-21-50)24-27-8-6-5-7-9-27)60-45(26)33-22-29(46)12-19-34(33)49(44(45)57)25-28-10-13-30(14-11-28)47-42(55)40-38(53)37(52)39(54)43(56)59-40/h5-19,22,26,35,37-41,43,50,52-54,56H,20-21,23-25H2,1-4H3,(H,47,55)/t26-,35+,37+,38+,39-,40+,41-,43-,45+/m1/s1. The number of hydrogen-bond acceptors (Lipinski definition) is 11. The minimum atomic E-state index is -2.59. The van der Waals surface area contributed by atoms with Gasteiger partial charge in [-0.3, -0.25) is 14.4 Å². The Morgan fingerprint density at radius 2 is 1.61 bits per heavy atom. The van der Waals surface area contributed by atoms with Crippen LogP contribution in [-0.2, 0) is 42.5 Å². The van der Waals surface area contributed by atoms with Gasteiger partial charge in [0.15, 0.2) is 18.0 Å². The quantitative estimate of drug-likeness (QED) is 0.108. The fourth-order valence-electron chi connectivity index (χ4n) is 9.33. The summed E-state index contributed by atoms with van der Waals surface area (Å²) in [6.45, 7) is 6.95. The maximum Gasteiger partial charge on any atom is 0.264 e. The molecule has 7 rings (SSSR count). The third kappa shape index (κ3) is 8.53. The van der Waals surface area contributed by atoms with Gasteiger partial charge in [-0.25, -0.2) is 0 Å². The summed E-state index contributed by atoms with van der Waals surface area (Å²) in [6, 6.07) is 30.0. The summed E-state index contributed by atoms with van der Waals surface area (Å²) >= 11 is 3.65. The van der Waals surface area contributed by atoms with E-state index in [0.29, 0.717) is 23.5 Å². The highest BCUT2D eigenvalue weighted by molar-refractivity contribution is 9.10. The zero-order valence-electron chi connectivity index (χ0n) is 34.3. The molecule has 9 atom stereocenters. The van der Waals surface area contributed by atoms with E-state index in [1.165, 1.54) is 0 Å². The lowest BCUT2D eigenvalue weighted by molar-refractivity contribution is -0.274. The Bertz CT molecular complexity index is 2220. The number of carbonyl (C=O) groups excluding carboxylic acids is 3. The SMILES string of the molecule is COc1ccc([Si](C)(C)[C@H]2[C@H](CC(=O)N(CCO)Cc3ccccc3)O[C@@]3(C(=O)N(Cc4ccc(NC(=O)[C@H]5O[C@@H](O)[C@H](O)[C@@H](O)[C@@H]5O)cc4)c4ccc(Br)cc43)[C@@H]2C)cc1. The molecule has 2 saturated heterocycles. The fraction of sp³-hybridized carbons (Fsp3) is 0.400. The van der Waals surface area contributed by atoms with E-state index in [1.807, 2.05) is 60.7 Å². The Balaban J connectivity index is 1.19. The molecule has 324 valence electrons. The van der Waals surface area contributed by atoms with Gasteiger partial charge < -0.3 is 54.9 Å². The zero-order chi connectivity index (χ0) is 43.8. The van der Waals surface area contributed by atoms with Crippen molar-refractivity contribution in [2.75, 3.05) is 30.5 Å². The molecule has 2 fully saturated rings. The van der Waals surface area contributed by atoms with Crippen molar-refractivity contribution in [3.63, 3.8) is 0 Å². The molecule has 16 heteroatoms. The van der Waals surface area contributed by atoms with Crippen LogP contribution in [0.1, 0.15) is 30.0 Å². The first kappa shape index (κ1) is 44.6. The van der Waals surface area contributed by atoms with E-state index in [0.717, 1.165) is 26.5 Å². The maximum absolute atomic E-state index is 15.3. The number of amides is 3. The minimum Gasteiger partial charge on any atom is -0.497 e. The van der Waals surface area contributed by atoms with Crippen molar-refractivity contribution in [2.45, 2.75) is 87.5 Å². The van der Waals surface area contributed by atoms with E-state index in [4.69, 9.17) is 14.2 Å². The van der Waals surface area contributed by atoms with E-state index < -0.39 is 56.4 Å². The van der Waals surface area contributed by atoms with Gasteiger partial charge in [-0.2, -0.15) is 0 Å². The molecule has 0 bridgehead atoms. The highest BCUT2D eigenvalue weighted by atomic mass is 79.9. The predicted octanol–water partition coefficient (Wildman–Crippen LogP) is 3.37. The third-order valence-electron chi connectivity index (χ3n) is 12.5. The van der Waals surface area contributed by atoms with Crippen LogP contribution in [0.4, 0.5) is 11.4 Å². The van der Waals surface area contributed by atoms with Gasteiger partial charge in [-0.05, 0) is 59.1 Å². The van der Waals surface area contributed by atoms with Gasteiger partial charge in [0.2, 0.25) is 5.91 Å². The van der Waals surface area contributed by atoms with Gasteiger partial charge >= 0.3 is 0 Å². The summed E-state index contributed by atoms with van der Waals surface area (Å²) in [5.74, 6) is -0.939. The highest BCUT2D eigenvalue weighted by Crippen LogP contribution is 2.60. The number of rotatable bonds is 13. The van der Waals surface area contributed by atoms with Crippen LogP contribution in [-0.4, -0.2) is 113 Å². The van der Waals surface area contributed by atoms with Crippen LogP contribution in [0.25, 0.3) is 0 Å². The van der Waals surface area contributed by atoms with Crippen LogP contribution >= 0.6 is 15.9 Å². The summed E-state index contributed by atoms with van der Waals surface area (Å²) in [5, 5.41) is 53.8. The van der Waals surface area contributed by atoms with Crippen LogP contribution in [0.5, 0.6) is 5.75 Å². The number of aliphatic hydroxyl groups is 5. The second kappa shape index (κ2) is 18.1. The van der Waals surface area contributed by atoms with E-state index >= 15 is 4.79 Å². The fourth-order valence-corrected chi connectivity index (χ4v) is 13.7. The molecule has 1 spiro atoms. The number of nitrogens with zero attached hydrogens (tertiary/aromatic N) is 2. The number of hydrogen-bond donors (Lipinski definition) is 6. The second-order valence-electron chi connectivity index (χ2n) is 16.5. The lowest BCUT2D eigenvalue weighted by atomic mass is 9.82. The van der Waals surface area contributed by atoms with Crippen LogP contribution < -0.4 is 20.1 Å². The lowest BCUT2D eigenvalue weighted by Crippen LogP contribution is -2.60. The molecule has 61 heavy (non-hydrogen) atoms. The molecule has 3 aliphatic heterocycles. The number of nitrogens with one attached hydrogen (secondary N) is 1. The number of benzene rings is 4. The molecule has 0 aliphatic carbocycles. The van der Waals surface area contributed by atoms with Gasteiger partial charge in [-0.15, -0.1) is 0 Å². The summed E-state index contributed by atoms with van der Waals surface area (Å²) in [5.41, 5.74) is 1.68. The molecule has 0 radical (unpaired) electrons. The van der Waals surface area contributed by atoms with Crippen molar-refractivity contribution < 1.29 is 54.1 Å². The second-order valence-corrected chi connectivity index (χ2v) is 22.1. The number of anilines is 2. The number of carbonyl (C=O) groups is 3. The average Bonchev–Trinajstić information content (AvgIpc) is 3.67.